The van der Waals surface area contributed by atoms with E-state index in [-0.39, 0.29) is 13.2 Å². The number of benzene rings is 3. The lowest BCUT2D eigenvalue weighted by molar-refractivity contribution is 0.198. The molecule has 3 aromatic rings. The lowest BCUT2D eigenvalue weighted by Gasteiger charge is -2.39. The van der Waals surface area contributed by atoms with Crippen molar-refractivity contribution in [1.82, 2.24) is 4.90 Å². The number of ether oxygens (including phenoxy) is 1. The fourth-order valence-corrected chi connectivity index (χ4v) is 4.24. The Hall–Kier alpha value is -2.75. The molecule has 1 unspecified atom stereocenters. The van der Waals surface area contributed by atoms with Crippen LogP contribution in [-0.4, -0.2) is 49.4 Å². The zero-order chi connectivity index (χ0) is 24.3. The summed E-state index contributed by atoms with van der Waals surface area (Å²) in [5, 5.41) is 19.2. The Morgan fingerprint density at radius 3 is 2.18 bits per heavy atom. The molecule has 3 aromatic carbocycles. The maximum Gasteiger partial charge on any atom is 0.121 e. The Balaban J connectivity index is 0.000000396. The van der Waals surface area contributed by atoms with E-state index in [2.05, 4.69) is 22.8 Å². The second-order valence-corrected chi connectivity index (χ2v) is 8.76. The van der Waals surface area contributed by atoms with Gasteiger partial charge >= 0.3 is 0 Å². The molecular formula is C27H29Cl2N3O2. The van der Waals surface area contributed by atoms with Gasteiger partial charge in [-0.05, 0) is 48.9 Å². The summed E-state index contributed by atoms with van der Waals surface area (Å²) in [7, 11) is 0. The van der Waals surface area contributed by atoms with Crippen LogP contribution in [-0.2, 0) is 0 Å². The van der Waals surface area contributed by atoms with E-state index in [1.807, 2.05) is 66.7 Å². The lowest BCUT2D eigenvalue weighted by Crippen LogP contribution is -2.47. The van der Waals surface area contributed by atoms with Crippen LogP contribution in [0, 0.1) is 11.3 Å². The molecule has 1 N–H and O–H groups in total. The van der Waals surface area contributed by atoms with Crippen LogP contribution in [0.2, 0.25) is 10.0 Å². The number of nitriles is 1. The molecule has 0 saturated carbocycles. The van der Waals surface area contributed by atoms with Crippen LogP contribution in [0.25, 0.3) is 0 Å². The third kappa shape index (κ3) is 7.38. The van der Waals surface area contributed by atoms with E-state index in [0.29, 0.717) is 22.4 Å². The molecule has 5 nitrogen and oxygen atoms in total. The third-order valence-electron chi connectivity index (χ3n) is 5.74. The molecule has 7 heteroatoms. The minimum absolute atomic E-state index is 0.0151. The fourth-order valence-electron chi connectivity index (χ4n) is 3.81. The van der Waals surface area contributed by atoms with Gasteiger partial charge in [0.1, 0.15) is 12.4 Å². The van der Waals surface area contributed by atoms with Gasteiger partial charge in [0.05, 0.1) is 28.9 Å². The Bertz CT molecular complexity index is 1060. The van der Waals surface area contributed by atoms with Gasteiger partial charge < -0.3 is 14.7 Å². The summed E-state index contributed by atoms with van der Waals surface area (Å²) in [5.74, 6) is 0.672. The van der Waals surface area contributed by atoms with Crippen molar-refractivity contribution >= 4 is 28.9 Å². The monoisotopic (exact) mass is 497 g/mol. The molecule has 178 valence electrons. The minimum atomic E-state index is -0.0151. The van der Waals surface area contributed by atoms with E-state index in [1.165, 1.54) is 5.56 Å². The van der Waals surface area contributed by atoms with E-state index in [0.717, 1.165) is 36.9 Å². The molecule has 0 aliphatic carbocycles. The van der Waals surface area contributed by atoms with Gasteiger partial charge in [0.15, 0.2) is 0 Å². The van der Waals surface area contributed by atoms with E-state index in [1.54, 1.807) is 6.07 Å². The Morgan fingerprint density at radius 1 is 0.971 bits per heavy atom. The highest BCUT2D eigenvalue weighted by atomic mass is 35.5. The zero-order valence-electron chi connectivity index (χ0n) is 19.2. The maximum atomic E-state index is 8.94. The topological polar surface area (TPSA) is 59.7 Å². The standard InChI is InChI=1S/C21H24ClN3O2.C6H5Cl/c1-16(18-4-2-17(15-23)3-5-18)24-8-10-25(11-9-24)21-7-6-19(14-20(21)22)27-13-12-26;7-6-4-2-1-3-5-6/h2-7,14,16,26H,8-13H2,1H3;1-5H. The first-order valence-corrected chi connectivity index (χ1v) is 12.0. The fraction of sp³-hybridized carbons (Fsp3) is 0.296. The van der Waals surface area contributed by atoms with Gasteiger partial charge in [-0.25, -0.2) is 0 Å². The van der Waals surface area contributed by atoms with Crippen molar-refractivity contribution < 1.29 is 9.84 Å². The molecule has 1 aliphatic rings. The highest BCUT2D eigenvalue weighted by Crippen LogP contribution is 2.31. The van der Waals surface area contributed by atoms with Crippen LogP contribution < -0.4 is 9.64 Å². The Kier molecular flexibility index (Phi) is 10.1. The number of nitrogens with zero attached hydrogens (tertiary/aromatic N) is 3. The van der Waals surface area contributed by atoms with E-state index in [4.69, 9.17) is 38.3 Å². The molecule has 0 spiro atoms. The van der Waals surface area contributed by atoms with E-state index < -0.39 is 0 Å². The number of aliphatic hydroxyl groups is 1. The first-order chi connectivity index (χ1) is 16.5. The summed E-state index contributed by atoms with van der Waals surface area (Å²) in [6.07, 6.45) is 0. The summed E-state index contributed by atoms with van der Waals surface area (Å²) in [6, 6.07) is 25.4. The van der Waals surface area contributed by atoms with Crippen molar-refractivity contribution in [2.75, 3.05) is 44.3 Å². The van der Waals surface area contributed by atoms with Gasteiger partial charge in [0.2, 0.25) is 0 Å². The molecular weight excluding hydrogens is 469 g/mol. The number of anilines is 1. The van der Waals surface area contributed by atoms with Crippen molar-refractivity contribution in [3.63, 3.8) is 0 Å². The predicted octanol–water partition coefficient (Wildman–Crippen LogP) is 5.81. The normalized spacial score (nSPS) is 14.5. The van der Waals surface area contributed by atoms with Gasteiger partial charge in [-0.3, -0.25) is 4.90 Å². The molecule has 0 amide bonds. The van der Waals surface area contributed by atoms with Gasteiger partial charge in [0, 0.05) is 43.3 Å². The second-order valence-electron chi connectivity index (χ2n) is 7.91. The van der Waals surface area contributed by atoms with Gasteiger partial charge in [-0.15, -0.1) is 0 Å². The van der Waals surface area contributed by atoms with Gasteiger partial charge in [-0.1, -0.05) is 53.5 Å². The van der Waals surface area contributed by atoms with Crippen molar-refractivity contribution in [3.05, 3.63) is 94.0 Å². The summed E-state index contributed by atoms with van der Waals surface area (Å²) in [4.78, 5) is 4.74. The first-order valence-electron chi connectivity index (χ1n) is 11.2. The molecule has 1 aliphatic heterocycles. The SMILES string of the molecule is CC(c1ccc(C#N)cc1)N1CCN(c2ccc(OCCO)cc2Cl)CC1.Clc1ccccc1. The highest BCUT2D eigenvalue weighted by molar-refractivity contribution is 6.33. The van der Waals surface area contributed by atoms with Crippen molar-refractivity contribution in [3.8, 4) is 11.8 Å². The summed E-state index contributed by atoms with van der Waals surface area (Å²) in [6.45, 7) is 6.15. The summed E-state index contributed by atoms with van der Waals surface area (Å²) in [5.41, 5.74) is 2.93. The molecule has 4 rings (SSSR count). The van der Waals surface area contributed by atoms with Crippen molar-refractivity contribution in [2.24, 2.45) is 0 Å². The number of rotatable bonds is 6. The molecule has 1 heterocycles. The van der Waals surface area contributed by atoms with Gasteiger partial charge in [0.25, 0.3) is 0 Å². The number of hydrogen-bond acceptors (Lipinski definition) is 5. The molecule has 1 atom stereocenters. The van der Waals surface area contributed by atoms with Crippen LogP contribution in [0.4, 0.5) is 5.69 Å². The molecule has 34 heavy (non-hydrogen) atoms. The number of piperazine rings is 1. The molecule has 0 aromatic heterocycles. The quantitative estimate of drug-likeness (QED) is 0.465. The number of hydrogen-bond donors (Lipinski definition) is 1. The van der Waals surface area contributed by atoms with E-state index >= 15 is 0 Å². The smallest absolute Gasteiger partial charge is 0.121 e. The van der Waals surface area contributed by atoms with Crippen LogP contribution >= 0.6 is 23.2 Å². The first kappa shape index (κ1) is 25.9. The lowest BCUT2D eigenvalue weighted by atomic mass is 10.0. The average molecular weight is 498 g/mol. The molecule has 1 fully saturated rings. The summed E-state index contributed by atoms with van der Waals surface area (Å²) >= 11 is 12.0. The van der Waals surface area contributed by atoms with Crippen molar-refractivity contribution in [2.45, 2.75) is 13.0 Å². The zero-order valence-corrected chi connectivity index (χ0v) is 20.7. The van der Waals surface area contributed by atoms with Gasteiger partial charge in [-0.2, -0.15) is 5.26 Å². The number of aliphatic hydroxyl groups excluding tert-OH is 1. The van der Waals surface area contributed by atoms with Crippen LogP contribution in [0.15, 0.2) is 72.8 Å². The largest absolute Gasteiger partial charge is 0.491 e. The third-order valence-corrected chi connectivity index (χ3v) is 6.29. The Morgan fingerprint density at radius 2 is 1.65 bits per heavy atom. The van der Waals surface area contributed by atoms with Crippen LogP contribution in [0.3, 0.4) is 0 Å². The maximum absolute atomic E-state index is 8.94. The molecule has 1 saturated heterocycles. The van der Waals surface area contributed by atoms with E-state index in [9.17, 15) is 0 Å². The minimum Gasteiger partial charge on any atom is -0.491 e. The van der Waals surface area contributed by atoms with Crippen LogP contribution in [0.1, 0.15) is 24.1 Å². The second kappa shape index (κ2) is 13.2. The predicted molar refractivity (Wildman–Crippen MR) is 139 cm³/mol. The summed E-state index contributed by atoms with van der Waals surface area (Å²) < 4.78 is 5.41. The number of halogens is 2. The molecule has 0 radical (unpaired) electrons. The average Bonchev–Trinajstić information content (AvgIpc) is 2.88. The highest BCUT2D eigenvalue weighted by Gasteiger charge is 2.23. The van der Waals surface area contributed by atoms with Crippen LogP contribution in [0.5, 0.6) is 5.75 Å². The Labute approximate surface area is 211 Å². The van der Waals surface area contributed by atoms with Crippen molar-refractivity contribution in [1.29, 1.82) is 5.26 Å². The molecule has 0 bridgehead atoms.